The Hall–Kier alpha value is -1.32. The lowest BCUT2D eigenvalue weighted by Crippen LogP contribution is -2.33. The van der Waals surface area contributed by atoms with Crippen molar-refractivity contribution in [3.63, 3.8) is 0 Å². The van der Waals surface area contributed by atoms with Crippen LogP contribution in [0.2, 0.25) is 0 Å². The first-order valence-electron chi connectivity index (χ1n) is 7.81. The standard InChI is InChI=1S/C16H28N4/c1-6-17-14-12(4)15(20-13(19-14)11(2)3)18-10-16(5)8-7-9-16/h11H,6-10H2,1-5H3,(H2,17,18,19,20). The van der Waals surface area contributed by atoms with Gasteiger partial charge in [0.2, 0.25) is 0 Å². The summed E-state index contributed by atoms with van der Waals surface area (Å²) in [5, 5.41) is 6.90. The van der Waals surface area contributed by atoms with Crippen molar-refractivity contribution in [1.29, 1.82) is 0 Å². The maximum Gasteiger partial charge on any atom is 0.135 e. The Morgan fingerprint density at radius 1 is 1.15 bits per heavy atom. The molecule has 0 radical (unpaired) electrons. The van der Waals surface area contributed by atoms with E-state index in [4.69, 9.17) is 4.98 Å². The van der Waals surface area contributed by atoms with Crippen LogP contribution in [0.1, 0.15) is 64.3 Å². The lowest BCUT2D eigenvalue weighted by atomic mass is 9.70. The predicted octanol–water partition coefficient (Wildman–Crippen LogP) is 3.94. The van der Waals surface area contributed by atoms with E-state index in [0.717, 1.165) is 36.1 Å². The van der Waals surface area contributed by atoms with E-state index in [1.807, 2.05) is 0 Å². The summed E-state index contributed by atoms with van der Waals surface area (Å²) in [5.41, 5.74) is 1.58. The fourth-order valence-corrected chi connectivity index (χ4v) is 2.56. The van der Waals surface area contributed by atoms with Crippen LogP contribution in [-0.4, -0.2) is 23.1 Å². The van der Waals surface area contributed by atoms with E-state index < -0.39 is 0 Å². The second kappa shape index (κ2) is 5.98. The molecule has 112 valence electrons. The highest BCUT2D eigenvalue weighted by Crippen LogP contribution is 2.40. The van der Waals surface area contributed by atoms with Gasteiger partial charge in [-0.05, 0) is 32.1 Å². The summed E-state index contributed by atoms with van der Waals surface area (Å²) < 4.78 is 0. The molecule has 1 aliphatic carbocycles. The van der Waals surface area contributed by atoms with Crippen LogP contribution in [-0.2, 0) is 0 Å². The molecule has 0 bridgehead atoms. The zero-order chi connectivity index (χ0) is 14.8. The van der Waals surface area contributed by atoms with Crippen molar-refractivity contribution in [2.75, 3.05) is 23.7 Å². The number of hydrogen-bond donors (Lipinski definition) is 2. The maximum atomic E-state index is 4.71. The smallest absolute Gasteiger partial charge is 0.135 e. The molecule has 0 saturated heterocycles. The maximum absolute atomic E-state index is 4.71. The molecule has 0 amide bonds. The van der Waals surface area contributed by atoms with Gasteiger partial charge in [0.15, 0.2) is 0 Å². The molecule has 0 spiro atoms. The molecule has 0 unspecified atom stereocenters. The molecule has 0 aromatic carbocycles. The van der Waals surface area contributed by atoms with Crippen molar-refractivity contribution in [3.05, 3.63) is 11.4 Å². The quantitative estimate of drug-likeness (QED) is 0.826. The predicted molar refractivity (Wildman–Crippen MR) is 85.5 cm³/mol. The SMILES string of the molecule is CCNc1nc(C(C)C)nc(NCC2(C)CCC2)c1C. The number of anilines is 2. The molecular formula is C16H28N4. The van der Waals surface area contributed by atoms with Gasteiger partial charge in [-0.1, -0.05) is 27.2 Å². The number of rotatable bonds is 6. The van der Waals surface area contributed by atoms with Gasteiger partial charge in [0, 0.05) is 24.6 Å². The normalized spacial score (nSPS) is 16.9. The van der Waals surface area contributed by atoms with E-state index in [-0.39, 0.29) is 0 Å². The molecule has 2 N–H and O–H groups in total. The third-order valence-electron chi connectivity index (χ3n) is 4.27. The van der Waals surface area contributed by atoms with Gasteiger partial charge in [-0.15, -0.1) is 0 Å². The highest BCUT2D eigenvalue weighted by molar-refractivity contribution is 5.57. The molecule has 2 rings (SSSR count). The van der Waals surface area contributed by atoms with Gasteiger partial charge in [-0.2, -0.15) is 0 Å². The summed E-state index contributed by atoms with van der Waals surface area (Å²) in [5.74, 6) is 3.21. The minimum absolute atomic E-state index is 0.341. The van der Waals surface area contributed by atoms with Crippen LogP contribution in [0.25, 0.3) is 0 Å². The van der Waals surface area contributed by atoms with E-state index in [1.54, 1.807) is 0 Å². The number of aromatic nitrogens is 2. The molecule has 0 aliphatic heterocycles. The van der Waals surface area contributed by atoms with E-state index in [1.165, 1.54) is 19.3 Å². The molecule has 4 heteroatoms. The first-order valence-corrected chi connectivity index (χ1v) is 7.81. The highest BCUT2D eigenvalue weighted by Gasteiger charge is 2.31. The molecule has 0 atom stereocenters. The van der Waals surface area contributed by atoms with Crippen molar-refractivity contribution in [2.45, 2.75) is 59.8 Å². The average Bonchev–Trinajstić information content (AvgIpc) is 2.37. The van der Waals surface area contributed by atoms with Gasteiger partial charge < -0.3 is 10.6 Å². The topological polar surface area (TPSA) is 49.8 Å². The second-order valence-electron chi connectivity index (χ2n) is 6.61. The van der Waals surface area contributed by atoms with Crippen LogP contribution < -0.4 is 10.6 Å². The van der Waals surface area contributed by atoms with E-state index >= 15 is 0 Å². The van der Waals surface area contributed by atoms with Crippen molar-refractivity contribution in [3.8, 4) is 0 Å². The Morgan fingerprint density at radius 3 is 2.20 bits per heavy atom. The van der Waals surface area contributed by atoms with Crippen LogP contribution in [0.3, 0.4) is 0 Å². The van der Waals surface area contributed by atoms with Crippen molar-refractivity contribution in [2.24, 2.45) is 5.41 Å². The molecule has 1 saturated carbocycles. The van der Waals surface area contributed by atoms with Crippen molar-refractivity contribution >= 4 is 11.6 Å². The zero-order valence-electron chi connectivity index (χ0n) is 13.5. The third-order valence-corrected chi connectivity index (χ3v) is 4.27. The van der Waals surface area contributed by atoms with Crippen molar-refractivity contribution in [1.82, 2.24) is 9.97 Å². The average molecular weight is 276 g/mol. The molecule has 20 heavy (non-hydrogen) atoms. The van der Waals surface area contributed by atoms with Gasteiger partial charge in [0.25, 0.3) is 0 Å². The fraction of sp³-hybridized carbons (Fsp3) is 0.750. The lowest BCUT2D eigenvalue weighted by Gasteiger charge is -2.38. The van der Waals surface area contributed by atoms with Gasteiger partial charge in [-0.25, -0.2) is 9.97 Å². The largest absolute Gasteiger partial charge is 0.370 e. The van der Waals surface area contributed by atoms with Gasteiger partial charge in [0.05, 0.1) is 0 Å². The van der Waals surface area contributed by atoms with E-state index in [9.17, 15) is 0 Å². The van der Waals surface area contributed by atoms with Crippen LogP contribution >= 0.6 is 0 Å². The lowest BCUT2D eigenvalue weighted by molar-refractivity contribution is 0.179. The van der Waals surface area contributed by atoms with Gasteiger partial charge >= 0.3 is 0 Å². The number of nitrogens with zero attached hydrogens (tertiary/aromatic N) is 2. The van der Waals surface area contributed by atoms with Crippen LogP contribution in [0, 0.1) is 12.3 Å². The molecule has 1 fully saturated rings. The molecular weight excluding hydrogens is 248 g/mol. The molecule has 1 aromatic rings. The summed E-state index contributed by atoms with van der Waals surface area (Å²) in [4.78, 5) is 9.35. The van der Waals surface area contributed by atoms with E-state index in [0.29, 0.717) is 11.3 Å². The van der Waals surface area contributed by atoms with Gasteiger partial charge in [0.1, 0.15) is 17.5 Å². The Kier molecular flexibility index (Phi) is 4.51. The summed E-state index contributed by atoms with van der Waals surface area (Å²) in [7, 11) is 0. The second-order valence-corrected chi connectivity index (χ2v) is 6.61. The zero-order valence-corrected chi connectivity index (χ0v) is 13.5. The van der Waals surface area contributed by atoms with Crippen LogP contribution in [0.4, 0.5) is 11.6 Å². The molecule has 1 aliphatic rings. The molecule has 1 heterocycles. The Balaban J connectivity index is 2.20. The van der Waals surface area contributed by atoms with Crippen LogP contribution in [0.15, 0.2) is 0 Å². The summed E-state index contributed by atoms with van der Waals surface area (Å²) in [6.07, 6.45) is 4.00. The number of hydrogen-bond acceptors (Lipinski definition) is 4. The monoisotopic (exact) mass is 276 g/mol. The molecule has 4 nitrogen and oxygen atoms in total. The number of nitrogens with one attached hydrogen (secondary N) is 2. The minimum atomic E-state index is 0.341. The summed E-state index contributed by atoms with van der Waals surface area (Å²) in [6, 6.07) is 0. The fourth-order valence-electron chi connectivity index (χ4n) is 2.56. The molecule has 1 aromatic heterocycles. The first-order chi connectivity index (χ1) is 9.45. The Labute approximate surface area is 122 Å². The summed E-state index contributed by atoms with van der Waals surface area (Å²) in [6.45, 7) is 12.7. The minimum Gasteiger partial charge on any atom is -0.370 e. The van der Waals surface area contributed by atoms with Crippen LogP contribution in [0.5, 0.6) is 0 Å². The van der Waals surface area contributed by atoms with Gasteiger partial charge in [-0.3, -0.25) is 0 Å². The highest BCUT2D eigenvalue weighted by atomic mass is 15.1. The summed E-state index contributed by atoms with van der Waals surface area (Å²) >= 11 is 0. The third kappa shape index (κ3) is 3.22. The Bertz CT molecular complexity index is 464. The first kappa shape index (κ1) is 15.1. The van der Waals surface area contributed by atoms with Crippen molar-refractivity contribution < 1.29 is 0 Å². The van der Waals surface area contributed by atoms with E-state index in [2.05, 4.69) is 50.2 Å². The Morgan fingerprint density at radius 2 is 1.75 bits per heavy atom.